The fraction of sp³-hybridized carbons (Fsp3) is 0.556. The van der Waals surface area contributed by atoms with Gasteiger partial charge in [-0.15, -0.1) is 0 Å². The van der Waals surface area contributed by atoms with Gasteiger partial charge in [-0.2, -0.15) is 0 Å². The van der Waals surface area contributed by atoms with Gasteiger partial charge in [-0.3, -0.25) is 13.9 Å². The monoisotopic (exact) mass is 383 g/mol. The Balaban J connectivity index is 2.98. The molecule has 7 nitrogen and oxygen atoms in total. The molecule has 0 bridgehead atoms. The minimum atomic E-state index is -3.65. The molecule has 1 N–H and O–H groups in total. The Morgan fingerprint density at radius 3 is 2.15 bits per heavy atom. The SMILES string of the molecule is CCN(CC(=O)NC(C)(C)C)C(=O)CN(c1ccccc1C)S(C)(=O)=O. The molecule has 0 saturated heterocycles. The van der Waals surface area contributed by atoms with Crippen molar-refractivity contribution in [1.29, 1.82) is 0 Å². The van der Waals surface area contributed by atoms with E-state index in [0.29, 0.717) is 12.2 Å². The Morgan fingerprint density at radius 2 is 1.69 bits per heavy atom. The lowest BCUT2D eigenvalue weighted by Gasteiger charge is -2.28. The summed E-state index contributed by atoms with van der Waals surface area (Å²) in [4.78, 5) is 26.1. The molecule has 0 aliphatic heterocycles. The standard InChI is InChI=1S/C18H29N3O4S/c1-7-20(12-16(22)19-18(3,4)5)17(23)13-21(26(6,24)25)15-11-9-8-10-14(15)2/h8-11H,7,12-13H2,1-6H3,(H,19,22). The van der Waals surface area contributed by atoms with Crippen LogP contribution in [0, 0.1) is 6.92 Å². The Labute approximate surface area is 156 Å². The van der Waals surface area contributed by atoms with E-state index in [1.54, 1.807) is 38.1 Å². The molecule has 0 fully saturated rings. The number of aryl methyl sites for hydroxylation is 1. The summed E-state index contributed by atoms with van der Waals surface area (Å²) in [5.41, 5.74) is 0.803. The summed E-state index contributed by atoms with van der Waals surface area (Å²) in [6.45, 7) is 8.94. The molecule has 1 aromatic rings. The topological polar surface area (TPSA) is 86.8 Å². The van der Waals surface area contributed by atoms with Crippen LogP contribution in [0.2, 0.25) is 0 Å². The summed E-state index contributed by atoms with van der Waals surface area (Å²) in [5, 5.41) is 2.80. The van der Waals surface area contributed by atoms with Gasteiger partial charge in [0.25, 0.3) is 0 Å². The molecule has 1 aromatic carbocycles. The minimum absolute atomic E-state index is 0.113. The summed E-state index contributed by atoms with van der Waals surface area (Å²) in [6.07, 6.45) is 1.06. The highest BCUT2D eigenvalue weighted by atomic mass is 32.2. The van der Waals surface area contributed by atoms with E-state index < -0.39 is 21.5 Å². The molecule has 26 heavy (non-hydrogen) atoms. The number of anilines is 1. The van der Waals surface area contributed by atoms with E-state index in [4.69, 9.17) is 0 Å². The maximum absolute atomic E-state index is 12.7. The number of hydrogen-bond donors (Lipinski definition) is 1. The number of benzene rings is 1. The number of rotatable bonds is 7. The van der Waals surface area contributed by atoms with Crippen LogP contribution < -0.4 is 9.62 Å². The quantitative estimate of drug-likeness (QED) is 0.773. The second-order valence-corrected chi connectivity index (χ2v) is 9.17. The highest BCUT2D eigenvalue weighted by Gasteiger charge is 2.26. The van der Waals surface area contributed by atoms with Crippen LogP contribution >= 0.6 is 0 Å². The van der Waals surface area contributed by atoms with Gasteiger partial charge in [-0.25, -0.2) is 8.42 Å². The van der Waals surface area contributed by atoms with Gasteiger partial charge >= 0.3 is 0 Å². The molecule has 0 aromatic heterocycles. The Kier molecular flexibility index (Phi) is 7.20. The first-order chi connectivity index (χ1) is 11.8. The Morgan fingerprint density at radius 1 is 1.12 bits per heavy atom. The van der Waals surface area contributed by atoms with Crippen LogP contribution in [0.25, 0.3) is 0 Å². The first kappa shape index (κ1) is 22.0. The Hall–Kier alpha value is -2.09. The largest absolute Gasteiger partial charge is 0.350 e. The fourth-order valence-electron chi connectivity index (χ4n) is 2.45. The summed E-state index contributed by atoms with van der Waals surface area (Å²) in [6, 6.07) is 6.97. The van der Waals surface area contributed by atoms with E-state index >= 15 is 0 Å². The number of para-hydroxylation sites is 1. The second kappa shape index (κ2) is 8.53. The molecule has 2 amide bonds. The molecule has 146 valence electrons. The van der Waals surface area contributed by atoms with Crippen molar-refractivity contribution in [1.82, 2.24) is 10.2 Å². The first-order valence-electron chi connectivity index (χ1n) is 8.47. The van der Waals surface area contributed by atoms with Crippen molar-refractivity contribution >= 4 is 27.5 Å². The summed E-state index contributed by atoms with van der Waals surface area (Å²) in [7, 11) is -3.65. The number of nitrogens with one attached hydrogen (secondary N) is 1. The van der Waals surface area contributed by atoms with E-state index in [1.807, 2.05) is 20.8 Å². The predicted octanol–water partition coefficient (Wildman–Crippen LogP) is 1.52. The molecule has 0 radical (unpaired) electrons. The average molecular weight is 384 g/mol. The number of hydrogen-bond acceptors (Lipinski definition) is 4. The van der Waals surface area contributed by atoms with Crippen molar-refractivity contribution < 1.29 is 18.0 Å². The molecule has 0 saturated carbocycles. The van der Waals surface area contributed by atoms with E-state index in [9.17, 15) is 18.0 Å². The van der Waals surface area contributed by atoms with Crippen LogP contribution in [0.1, 0.15) is 33.3 Å². The molecule has 0 aliphatic carbocycles. The normalized spacial score (nSPS) is 11.8. The third kappa shape index (κ3) is 6.67. The highest BCUT2D eigenvalue weighted by molar-refractivity contribution is 7.92. The number of amides is 2. The molecule has 8 heteroatoms. The van der Waals surface area contributed by atoms with Crippen molar-refractivity contribution in [2.24, 2.45) is 0 Å². The van der Waals surface area contributed by atoms with Gasteiger partial charge in [-0.05, 0) is 46.2 Å². The first-order valence-corrected chi connectivity index (χ1v) is 10.3. The Bertz CT molecular complexity index is 754. The zero-order valence-electron chi connectivity index (χ0n) is 16.4. The molecule has 0 unspecified atom stereocenters. The van der Waals surface area contributed by atoms with Gasteiger partial charge in [0, 0.05) is 12.1 Å². The molecular weight excluding hydrogens is 354 g/mol. The van der Waals surface area contributed by atoms with Crippen molar-refractivity contribution in [3.8, 4) is 0 Å². The van der Waals surface area contributed by atoms with Gasteiger partial charge in [0.1, 0.15) is 6.54 Å². The van der Waals surface area contributed by atoms with Crippen molar-refractivity contribution in [2.75, 3.05) is 30.2 Å². The van der Waals surface area contributed by atoms with E-state index in [-0.39, 0.29) is 19.0 Å². The lowest BCUT2D eigenvalue weighted by atomic mass is 10.1. The van der Waals surface area contributed by atoms with Crippen molar-refractivity contribution in [3.63, 3.8) is 0 Å². The molecule has 0 heterocycles. The van der Waals surface area contributed by atoms with Crippen LogP contribution in [-0.4, -0.2) is 56.6 Å². The van der Waals surface area contributed by atoms with Gasteiger partial charge in [-0.1, -0.05) is 18.2 Å². The number of likely N-dealkylation sites (N-methyl/N-ethyl adjacent to an activating group) is 1. The maximum Gasteiger partial charge on any atom is 0.243 e. The zero-order chi connectivity index (χ0) is 20.1. The van der Waals surface area contributed by atoms with Gasteiger partial charge in [0.15, 0.2) is 0 Å². The van der Waals surface area contributed by atoms with Crippen LogP contribution in [0.15, 0.2) is 24.3 Å². The fourth-order valence-corrected chi connectivity index (χ4v) is 3.36. The van der Waals surface area contributed by atoms with Gasteiger partial charge in [0.2, 0.25) is 21.8 Å². The molecule has 0 atom stereocenters. The van der Waals surface area contributed by atoms with Crippen LogP contribution in [0.4, 0.5) is 5.69 Å². The third-order valence-electron chi connectivity index (χ3n) is 3.65. The van der Waals surface area contributed by atoms with E-state index in [1.165, 1.54) is 4.90 Å². The average Bonchev–Trinajstić information content (AvgIpc) is 2.48. The van der Waals surface area contributed by atoms with Crippen LogP contribution in [-0.2, 0) is 19.6 Å². The lowest BCUT2D eigenvalue weighted by molar-refractivity contribution is -0.135. The van der Waals surface area contributed by atoms with Crippen molar-refractivity contribution in [3.05, 3.63) is 29.8 Å². The second-order valence-electron chi connectivity index (χ2n) is 7.26. The summed E-state index contributed by atoms with van der Waals surface area (Å²) >= 11 is 0. The maximum atomic E-state index is 12.7. The van der Waals surface area contributed by atoms with Gasteiger partial charge < -0.3 is 10.2 Å². The molecule has 1 rings (SSSR count). The molecular formula is C18H29N3O4S. The molecule has 0 spiro atoms. The third-order valence-corrected chi connectivity index (χ3v) is 4.77. The van der Waals surface area contributed by atoms with E-state index in [2.05, 4.69) is 5.32 Å². The van der Waals surface area contributed by atoms with Crippen molar-refractivity contribution in [2.45, 2.75) is 40.2 Å². The number of carbonyl (C=O) groups excluding carboxylic acids is 2. The zero-order valence-corrected chi connectivity index (χ0v) is 17.2. The minimum Gasteiger partial charge on any atom is -0.350 e. The van der Waals surface area contributed by atoms with Gasteiger partial charge in [0.05, 0.1) is 18.5 Å². The predicted molar refractivity (Wildman–Crippen MR) is 104 cm³/mol. The smallest absolute Gasteiger partial charge is 0.243 e. The highest BCUT2D eigenvalue weighted by Crippen LogP contribution is 2.22. The number of nitrogens with zero attached hydrogens (tertiary/aromatic N) is 2. The van der Waals surface area contributed by atoms with E-state index in [0.717, 1.165) is 16.1 Å². The lowest BCUT2D eigenvalue weighted by Crippen LogP contribution is -2.49. The van der Waals surface area contributed by atoms with Crippen LogP contribution in [0.5, 0.6) is 0 Å². The number of carbonyl (C=O) groups is 2. The summed E-state index contributed by atoms with van der Waals surface area (Å²) < 4.78 is 25.5. The molecule has 0 aliphatic rings. The summed E-state index contributed by atoms with van der Waals surface area (Å²) in [5.74, 6) is -0.709. The van der Waals surface area contributed by atoms with Crippen LogP contribution in [0.3, 0.4) is 0 Å². The number of sulfonamides is 1.